The van der Waals surface area contributed by atoms with Gasteiger partial charge in [-0.1, -0.05) is 54.6 Å². The Bertz CT molecular complexity index is 789. The quantitative estimate of drug-likeness (QED) is 0.767. The Morgan fingerprint density at radius 3 is 2.28 bits per heavy atom. The fourth-order valence-electron chi connectivity index (χ4n) is 3.57. The Morgan fingerprint density at radius 2 is 1.64 bits per heavy atom. The maximum absolute atomic E-state index is 11.1. The molecule has 0 atom stereocenters. The van der Waals surface area contributed by atoms with Gasteiger partial charge in [0.1, 0.15) is 5.82 Å². The van der Waals surface area contributed by atoms with Crippen LogP contribution in [0.25, 0.3) is 11.1 Å². The van der Waals surface area contributed by atoms with Gasteiger partial charge in [-0.15, -0.1) is 0 Å². The van der Waals surface area contributed by atoms with Gasteiger partial charge in [0.15, 0.2) is 0 Å². The van der Waals surface area contributed by atoms with Gasteiger partial charge >= 0.3 is 0 Å². The zero-order chi connectivity index (χ0) is 17.1. The van der Waals surface area contributed by atoms with E-state index in [0.717, 1.165) is 43.9 Å². The van der Waals surface area contributed by atoms with Crippen LogP contribution in [0.4, 0.5) is 0 Å². The van der Waals surface area contributed by atoms with E-state index in [-0.39, 0.29) is 0 Å². The molecule has 0 bridgehead atoms. The van der Waals surface area contributed by atoms with Crippen LogP contribution in [0.15, 0.2) is 67.0 Å². The first-order valence-electron chi connectivity index (χ1n) is 8.82. The van der Waals surface area contributed by atoms with Gasteiger partial charge in [0.05, 0.1) is 12.1 Å². The van der Waals surface area contributed by atoms with Crippen LogP contribution in [0.5, 0.6) is 0 Å². The number of H-pyrrole nitrogens is 1. The molecule has 4 heteroatoms. The molecule has 0 saturated carbocycles. The molecule has 1 fully saturated rings. The number of aliphatic hydroxyl groups is 1. The average Bonchev–Trinajstić information content (AvgIpc) is 3.18. The Hall–Kier alpha value is -2.43. The summed E-state index contributed by atoms with van der Waals surface area (Å²) < 4.78 is 0. The molecule has 1 aliphatic rings. The van der Waals surface area contributed by atoms with Gasteiger partial charge in [-0.2, -0.15) is 0 Å². The van der Waals surface area contributed by atoms with Crippen LogP contribution in [-0.2, 0) is 12.1 Å². The minimum absolute atomic E-state index is 0.727. The monoisotopic (exact) mass is 333 g/mol. The normalized spacial score (nSPS) is 17.5. The SMILES string of the molecule is OC1(c2ccc(-c3ccccc3)cc2)CCN(Cc2ncc[nH]2)CC1. The van der Waals surface area contributed by atoms with Gasteiger partial charge in [-0.3, -0.25) is 4.90 Å². The lowest BCUT2D eigenvalue weighted by Gasteiger charge is -2.38. The third kappa shape index (κ3) is 3.50. The second-order valence-electron chi connectivity index (χ2n) is 6.79. The Kier molecular flexibility index (Phi) is 4.38. The first-order chi connectivity index (χ1) is 12.2. The smallest absolute Gasteiger partial charge is 0.120 e. The van der Waals surface area contributed by atoms with Crippen LogP contribution < -0.4 is 0 Å². The maximum Gasteiger partial charge on any atom is 0.120 e. The molecule has 0 radical (unpaired) electrons. The van der Waals surface area contributed by atoms with Gasteiger partial charge in [0, 0.05) is 25.5 Å². The lowest BCUT2D eigenvalue weighted by atomic mass is 9.84. The molecule has 4 nitrogen and oxygen atoms in total. The highest BCUT2D eigenvalue weighted by atomic mass is 16.3. The predicted molar refractivity (Wildman–Crippen MR) is 98.9 cm³/mol. The highest BCUT2D eigenvalue weighted by Gasteiger charge is 2.34. The number of benzene rings is 2. The number of imidazole rings is 1. The average molecular weight is 333 g/mol. The first kappa shape index (κ1) is 16.1. The lowest BCUT2D eigenvalue weighted by molar-refractivity contribution is -0.0281. The maximum atomic E-state index is 11.1. The molecule has 2 aromatic carbocycles. The highest BCUT2D eigenvalue weighted by molar-refractivity contribution is 5.63. The molecule has 1 saturated heterocycles. The minimum atomic E-state index is -0.727. The second kappa shape index (κ2) is 6.82. The van der Waals surface area contributed by atoms with Gasteiger partial charge in [-0.25, -0.2) is 4.98 Å². The summed E-state index contributed by atoms with van der Waals surface area (Å²) in [5.41, 5.74) is 2.68. The van der Waals surface area contributed by atoms with E-state index in [2.05, 4.69) is 51.3 Å². The third-order valence-corrected chi connectivity index (χ3v) is 5.14. The van der Waals surface area contributed by atoms with Crippen molar-refractivity contribution in [1.29, 1.82) is 0 Å². The van der Waals surface area contributed by atoms with E-state index in [1.807, 2.05) is 24.4 Å². The van der Waals surface area contributed by atoms with E-state index >= 15 is 0 Å². The standard InChI is InChI=1S/C21H23N3O/c25-21(10-14-24(15-11-21)16-20-22-12-13-23-20)19-8-6-18(7-9-19)17-4-2-1-3-5-17/h1-9,12-13,25H,10-11,14-16H2,(H,22,23). The zero-order valence-electron chi connectivity index (χ0n) is 14.2. The van der Waals surface area contributed by atoms with E-state index in [1.165, 1.54) is 11.1 Å². The van der Waals surface area contributed by atoms with E-state index in [1.54, 1.807) is 6.20 Å². The number of aromatic nitrogens is 2. The topological polar surface area (TPSA) is 52.1 Å². The molecule has 4 rings (SSSR count). The number of rotatable bonds is 4. The Labute approximate surface area is 148 Å². The fourth-order valence-corrected chi connectivity index (χ4v) is 3.57. The molecule has 3 aromatic rings. The van der Waals surface area contributed by atoms with Crippen molar-refractivity contribution in [3.8, 4) is 11.1 Å². The van der Waals surface area contributed by atoms with E-state index in [4.69, 9.17) is 0 Å². The van der Waals surface area contributed by atoms with Crippen molar-refractivity contribution in [1.82, 2.24) is 14.9 Å². The van der Waals surface area contributed by atoms with E-state index in [9.17, 15) is 5.11 Å². The molecule has 128 valence electrons. The first-order valence-corrected chi connectivity index (χ1v) is 8.82. The third-order valence-electron chi connectivity index (χ3n) is 5.14. The number of hydrogen-bond acceptors (Lipinski definition) is 3. The van der Waals surface area contributed by atoms with Crippen molar-refractivity contribution in [2.75, 3.05) is 13.1 Å². The Morgan fingerprint density at radius 1 is 0.960 bits per heavy atom. The van der Waals surface area contributed by atoms with Crippen LogP contribution in [0.3, 0.4) is 0 Å². The molecule has 1 aliphatic heterocycles. The van der Waals surface area contributed by atoms with Crippen molar-refractivity contribution in [2.24, 2.45) is 0 Å². The van der Waals surface area contributed by atoms with E-state index in [0.29, 0.717) is 0 Å². The number of aromatic amines is 1. The van der Waals surface area contributed by atoms with Crippen LogP contribution in [0, 0.1) is 0 Å². The van der Waals surface area contributed by atoms with Gasteiger partial charge < -0.3 is 10.1 Å². The fraction of sp³-hybridized carbons (Fsp3) is 0.286. The summed E-state index contributed by atoms with van der Waals surface area (Å²) in [6, 6.07) is 18.7. The molecule has 1 aromatic heterocycles. The van der Waals surface area contributed by atoms with Crippen LogP contribution in [0.1, 0.15) is 24.2 Å². The minimum Gasteiger partial charge on any atom is -0.385 e. The molecular formula is C21H23N3O. The van der Waals surface area contributed by atoms with Crippen LogP contribution in [-0.4, -0.2) is 33.1 Å². The lowest BCUT2D eigenvalue weighted by Crippen LogP contribution is -2.42. The summed E-state index contributed by atoms with van der Waals surface area (Å²) in [7, 11) is 0. The summed E-state index contributed by atoms with van der Waals surface area (Å²) in [4.78, 5) is 9.77. The van der Waals surface area contributed by atoms with Crippen LogP contribution >= 0.6 is 0 Å². The summed E-state index contributed by atoms with van der Waals surface area (Å²) in [6.07, 6.45) is 5.13. The van der Waals surface area contributed by atoms with Crippen molar-refractivity contribution >= 4 is 0 Å². The molecule has 2 heterocycles. The van der Waals surface area contributed by atoms with Crippen molar-refractivity contribution < 1.29 is 5.11 Å². The zero-order valence-corrected chi connectivity index (χ0v) is 14.2. The summed E-state index contributed by atoms with van der Waals surface area (Å²) in [5, 5.41) is 11.1. The van der Waals surface area contributed by atoms with Crippen molar-refractivity contribution in [3.63, 3.8) is 0 Å². The number of likely N-dealkylation sites (tertiary alicyclic amines) is 1. The van der Waals surface area contributed by atoms with Crippen LogP contribution in [0.2, 0.25) is 0 Å². The molecule has 0 aliphatic carbocycles. The van der Waals surface area contributed by atoms with E-state index < -0.39 is 5.60 Å². The Balaban J connectivity index is 1.43. The van der Waals surface area contributed by atoms with Gasteiger partial charge in [0.25, 0.3) is 0 Å². The molecule has 0 unspecified atom stereocenters. The van der Waals surface area contributed by atoms with Gasteiger partial charge in [0.2, 0.25) is 0 Å². The highest BCUT2D eigenvalue weighted by Crippen LogP contribution is 2.34. The summed E-state index contributed by atoms with van der Waals surface area (Å²) >= 11 is 0. The summed E-state index contributed by atoms with van der Waals surface area (Å²) in [5.74, 6) is 0.984. The molecular weight excluding hydrogens is 310 g/mol. The summed E-state index contributed by atoms with van der Waals surface area (Å²) in [6.45, 7) is 2.56. The molecule has 2 N–H and O–H groups in total. The predicted octanol–water partition coefficient (Wildman–Crippen LogP) is 3.56. The second-order valence-corrected chi connectivity index (χ2v) is 6.79. The number of hydrogen-bond donors (Lipinski definition) is 2. The van der Waals surface area contributed by atoms with Gasteiger partial charge in [-0.05, 0) is 29.5 Å². The molecule has 25 heavy (non-hydrogen) atoms. The molecule has 0 spiro atoms. The number of piperidine rings is 1. The largest absolute Gasteiger partial charge is 0.385 e. The molecule has 0 amide bonds. The number of nitrogens with one attached hydrogen (secondary N) is 1. The number of nitrogens with zero attached hydrogens (tertiary/aromatic N) is 2. The van der Waals surface area contributed by atoms with Crippen molar-refractivity contribution in [3.05, 3.63) is 78.4 Å². The van der Waals surface area contributed by atoms with Crippen molar-refractivity contribution in [2.45, 2.75) is 25.0 Å².